The summed E-state index contributed by atoms with van der Waals surface area (Å²) in [5.41, 5.74) is 1.31. The van der Waals surface area contributed by atoms with Crippen LogP contribution in [0.4, 0.5) is 0 Å². The maximum absolute atomic E-state index is 11.9. The summed E-state index contributed by atoms with van der Waals surface area (Å²) >= 11 is 0. The van der Waals surface area contributed by atoms with E-state index in [4.69, 9.17) is 5.11 Å². The number of ketones is 1. The van der Waals surface area contributed by atoms with Crippen LogP contribution in [0.2, 0.25) is 0 Å². The van der Waals surface area contributed by atoms with Gasteiger partial charge >= 0.3 is 0 Å². The van der Waals surface area contributed by atoms with Gasteiger partial charge in [0.1, 0.15) is 0 Å². The van der Waals surface area contributed by atoms with Crippen LogP contribution in [0.1, 0.15) is 42.6 Å². The van der Waals surface area contributed by atoms with Crippen molar-refractivity contribution in [1.29, 1.82) is 0 Å². The Balaban J connectivity index is 2.40. The topological polar surface area (TPSA) is 66.4 Å². The summed E-state index contributed by atoms with van der Waals surface area (Å²) in [6.45, 7) is 6.42. The van der Waals surface area contributed by atoms with Crippen molar-refractivity contribution in [2.24, 2.45) is 5.41 Å². The molecule has 1 amide bonds. The van der Waals surface area contributed by atoms with Gasteiger partial charge in [0.15, 0.2) is 0 Å². The Bertz CT molecular complexity index is 463. The van der Waals surface area contributed by atoms with Gasteiger partial charge in [-0.1, -0.05) is 43.7 Å². The van der Waals surface area contributed by atoms with E-state index in [0.717, 1.165) is 18.4 Å². The van der Waals surface area contributed by atoms with E-state index in [1.54, 1.807) is 12.1 Å². The number of nitrogens with one attached hydrogen (secondary N) is 1. The van der Waals surface area contributed by atoms with Crippen molar-refractivity contribution in [2.45, 2.75) is 33.6 Å². The molecule has 0 aromatic heterocycles. The predicted octanol–water partition coefficient (Wildman–Crippen LogP) is 2.09. The highest BCUT2D eigenvalue weighted by Gasteiger charge is 2.18. The van der Waals surface area contributed by atoms with Crippen LogP contribution in [-0.4, -0.2) is 29.9 Å². The van der Waals surface area contributed by atoms with Gasteiger partial charge in [-0.15, -0.1) is 0 Å². The Morgan fingerprint density at radius 1 is 1.20 bits per heavy atom. The molecule has 0 fully saturated rings. The number of carbonyl (C=O) groups excluding carboxylic acids is 2. The summed E-state index contributed by atoms with van der Waals surface area (Å²) in [7, 11) is 0. The Labute approximate surface area is 120 Å². The van der Waals surface area contributed by atoms with Crippen LogP contribution in [0.5, 0.6) is 0 Å². The maximum Gasteiger partial charge on any atom is 0.292 e. The lowest BCUT2D eigenvalue weighted by atomic mass is 9.89. The quantitative estimate of drug-likeness (QED) is 0.455. The minimum absolute atomic E-state index is 0.114. The van der Waals surface area contributed by atoms with Crippen molar-refractivity contribution in [1.82, 2.24) is 5.32 Å². The molecule has 110 valence electrons. The number of Topliss-reactive ketones (excluding diaryl/α,β-unsaturated/α-hetero) is 1. The van der Waals surface area contributed by atoms with Crippen LogP contribution in [0.25, 0.3) is 0 Å². The number of hydrogen-bond acceptors (Lipinski definition) is 3. The summed E-state index contributed by atoms with van der Waals surface area (Å²) in [6, 6.07) is 6.94. The molecule has 0 heterocycles. The van der Waals surface area contributed by atoms with E-state index in [1.807, 2.05) is 32.9 Å². The number of aryl methyl sites for hydroxylation is 1. The first-order valence-electron chi connectivity index (χ1n) is 6.86. The van der Waals surface area contributed by atoms with Crippen molar-refractivity contribution < 1.29 is 14.7 Å². The molecule has 0 spiro atoms. The molecule has 0 saturated heterocycles. The number of aliphatic hydroxyl groups excluding tert-OH is 1. The van der Waals surface area contributed by atoms with E-state index in [9.17, 15) is 9.59 Å². The number of amides is 1. The Kier molecular flexibility index (Phi) is 5.89. The summed E-state index contributed by atoms with van der Waals surface area (Å²) in [5, 5.41) is 11.7. The van der Waals surface area contributed by atoms with Crippen molar-refractivity contribution >= 4 is 11.7 Å². The van der Waals surface area contributed by atoms with Crippen LogP contribution in [0.3, 0.4) is 0 Å². The minimum Gasteiger partial charge on any atom is -0.396 e. The zero-order valence-corrected chi connectivity index (χ0v) is 12.4. The van der Waals surface area contributed by atoms with E-state index in [2.05, 4.69) is 5.32 Å². The molecule has 0 aliphatic carbocycles. The molecule has 0 bridgehead atoms. The lowest BCUT2D eigenvalue weighted by Crippen LogP contribution is -2.32. The van der Waals surface area contributed by atoms with Gasteiger partial charge < -0.3 is 10.4 Å². The highest BCUT2D eigenvalue weighted by Crippen LogP contribution is 2.20. The first-order chi connectivity index (χ1) is 9.35. The highest BCUT2D eigenvalue weighted by molar-refractivity contribution is 6.42. The second kappa shape index (κ2) is 7.20. The lowest BCUT2D eigenvalue weighted by Gasteiger charge is -2.21. The number of rotatable bonds is 7. The number of aliphatic hydroxyl groups is 1. The van der Waals surface area contributed by atoms with Crippen LogP contribution in [-0.2, 0) is 4.79 Å². The molecule has 0 unspecified atom stereocenters. The van der Waals surface area contributed by atoms with Crippen molar-refractivity contribution in [2.75, 3.05) is 13.2 Å². The summed E-state index contributed by atoms with van der Waals surface area (Å²) in [5.74, 6) is -1.08. The third kappa shape index (κ3) is 5.13. The van der Waals surface area contributed by atoms with Gasteiger partial charge in [0.05, 0.1) is 0 Å². The third-order valence-electron chi connectivity index (χ3n) is 3.26. The van der Waals surface area contributed by atoms with Crippen LogP contribution >= 0.6 is 0 Å². The van der Waals surface area contributed by atoms with Gasteiger partial charge in [0.25, 0.3) is 5.91 Å². The number of carbonyl (C=O) groups is 2. The lowest BCUT2D eigenvalue weighted by molar-refractivity contribution is -0.117. The first-order valence-corrected chi connectivity index (χ1v) is 6.86. The van der Waals surface area contributed by atoms with Gasteiger partial charge in [-0.3, -0.25) is 9.59 Å². The molecule has 0 radical (unpaired) electrons. The molecule has 20 heavy (non-hydrogen) atoms. The normalized spacial score (nSPS) is 11.2. The average Bonchev–Trinajstić information content (AvgIpc) is 2.43. The first kappa shape index (κ1) is 16.4. The fourth-order valence-corrected chi connectivity index (χ4v) is 1.76. The standard InChI is InChI=1S/C16H23NO3/c1-12-5-7-13(8-6-12)14(19)15(20)17-10-4-9-16(2,3)11-18/h5-8,18H,4,9-11H2,1-3H3,(H,17,20). The molecule has 2 N–H and O–H groups in total. The molecule has 1 aromatic rings. The molecule has 0 atom stereocenters. The van der Waals surface area contributed by atoms with Crippen LogP contribution < -0.4 is 5.32 Å². The van der Waals surface area contributed by atoms with Crippen LogP contribution in [0, 0.1) is 12.3 Å². The highest BCUT2D eigenvalue weighted by atomic mass is 16.3. The molecule has 4 heteroatoms. The van der Waals surface area contributed by atoms with E-state index >= 15 is 0 Å². The van der Waals surface area contributed by atoms with Gasteiger partial charge in [-0.2, -0.15) is 0 Å². The minimum atomic E-state index is -0.573. The molecular formula is C16H23NO3. The summed E-state index contributed by atoms with van der Waals surface area (Å²) in [4.78, 5) is 23.6. The third-order valence-corrected chi connectivity index (χ3v) is 3.26. The van der Waals surface area contributed by atoms with E-state index in [-0.39, 0.29) is 12.0 Å². The number of hydrogen-bond donors (Lipinski definition) is 2. The average molecular weight is 277 g/mol. The summed E-state index contributed by atoms with van der Waals surface area (Å²) < 4.78 is 0. The van der Waals surface area contributed by atoms with E-state index in [0.29, 0.717) is 12.1 Å². The van der Waals surface area contributed by atoms with Gasteiger partial charge in [0, 0.05) is 18.7 Å². The maximum atomic E-state index is 11.9. The molecule has 1 aromatic carbocycles. The second-order valence-corrected chi connectivity index (χ2v) is 5.88. The molecule has 0 aliphatic heterocycles. The van der Waals surface area contributed by atoms with Gasteiger partial charge in [-0.05, 0) is 25.2 Å². The zero-order chi connectivity index (χ0) is 15.2. The Morgan fingerprint density at radius 2 is 1.80 bits per heavy atom. The Morgan fingerprint density at radius 3 is 2.35 bits per heavy atom. The van der Waals surface area contributed by atoms with E-state index in [1.165, 1.54) is 0 Å². The fraction of sp³-hybridized carbons (Fsp3) is 0.500. The van der Waals surface area contributed by atoms with Crippen molar-refractivity contribution in [3.8, 4) is 0 Å². The van der Waals surface area contributed by atoms with Gasteiger partial charge in [-0.25, -0.2) is 0 Å². The number of benzene rings is 1. The molecule has 0 aliphatic rings. The fourth-order valence-electron chi connectivity index (χ4n) is 1.76. The molecule has 0 saturated carbocycles. The monoisotopic (exact) mass is 277 g/mol. The van der Waals surface area contributed by atoms with Crippen LogP contribution in [0.15, 0.2) is 24.3 Å². The summed E-state index contributed by atoms with van der Waals surface area (Å²) in [6.07, 6.45) is 1.53. The molecule has 4 nitrogen and oxygen atoms in total. The van der Waals surface area contributed by atoms with Crippen molar-refractivity contribution in [3.63, 3.8) is 0 Å². The predicted molar refractivity (Wildman–Crippen MR) is 78.6 cm³/mol. The second-order valence-electron chi connectivity index (χ2n) is 5.88. The largest absolute Gasteiger partial charge is 0.396 e. The van der Waals surface area contributed by atoms with Crippen molar-refractivity contribution in [3.05, 3.63) is 35.4 Å². The van der Waals surface area contributed by atoms with E-state index < -0.39 is 11.7 Å². The van der Waals surface area contributed by atoms with Gasteiger partial charge in [0.2, 0.25) is 5.78 Å². The molecular weight excluding hydrogens is 254 g/mol. The Hall–Kier alpha value is -1.68. The SMILES string of the molecule is Cc1ccc(C(=O)C(=O)NCCCC(C)(C)CO)cc1. The molecule has 1 rings (SSSR count). The zero-order valence-electron chi connectivity index (χ0n) is 12.4. The smallest absolute Gasteiger partial charge is 0.292 e.